The lowest BCUT2D eigenvalue weighted by molar-refractivity contribution is 0.0909. The Morgan fingerprint density at radius 2 is 2.10 bits per heavy atom. The van der Waals surface area contributed by atoms with Gasteiger partial charge in [0, 0.05) is 24.3 Å². The molecule has 0 unspecified atom stereocenters. The van der Waals surface area contributed by atoms with Crippen LogP contribution >= 0.6 is 0 Å². The number of carbonyl (C=O) groups is 1. The largest absolute Gasteiger partial charge is 0.396 e. The second-order valence-electron chi connectivity index (χ2n) is 7.23. The lowest BCUT2D eigenvalue weighted by Gasteiger charge is -2.22. The Morgan fingerprint density at radius 3 is 2.57 bits per heavy atom. The van der Waals surface area contributed by atoms with Gasteiger partial charge in [-0.3, -0.25) is 9.48 Å². The Labute approximate surface area is 126 Å². The standard InChI is InChI=1S/C16H27N3O2/c1-10(9-20)11(2)17-15(21)13-8-14(12-6-7-12)19(18-13)16(3,4)5/h8,10-12,20H,6-7,9H2,1-5H3,(H,17,21)/t10-,11-/m0/s1. The highest BCUT2D eigenvalue weighted by molar-refractivity contribution is 5.92. The topological polar surface area (TPSA) is 67.2 Å². The molecule has 0 radical (unpaired) electrons. The molecule has 1 aliphatic carbocycles. The third-order valence-corrected chi connectivity index (χ3v) is 4.10. The van der Waals surface area contributed by atoms with E-state index in [0.29, 0.717) is 11.6 Å². The summed E-state index contributed by atoms with van der Waals surface area (Å²) >= 11 is 0. The van der Waals surface area contributed by atoms with Crippen LogP contribution < -0.4 is 5.32 Å². The van der Waals surface area contributed by atoms with Gasteiger partial charge >= 0.3 is 0 Å². The van der Waals surface area contributed by atoms with Crippen molar-refractivity contribution in [3.8, 4) is 0 Å². The number of hydrogen-bond donors (Lipinski definition) is 2. The maximum absolute atomic E-state index is 12.3. The van der Waals surface area contributed by atoms with Gasteiger partial charge in [-0.2, -0.15) is 5.10 Å². The van der Waals surface area contributed by atoms with Crippen LogP contribution in [0.5, 0.6) is 0 Å². The predicted molar refractivity (Wildman–Crippen MR) is 82.4 cm³/mol. The summed E-state index contributed by atoms with van der Waals surface area (Å²) in [6, 6.07) is 1.85. The second-order valence-corrected chi connectivity index (χ2v) is 7.23. The zero-order valence-corrected chi connectivity index (χ0v) is 13.7. The van der Waals surface area contributed by atoms with Crippen LogP contribution in [0.4, 0.5) is 0 Å². The van der Waals surface area contributed by atoms with Crippen LogP contribution in [-0.2, 0) is 5.54 Å². The molecular weight excluding hydrogens is 266 g/mol. The van der Waals surface area contributed by atoms with E-state index in [4.69, 9.17) is 5.11 Å². The first-order valence-electron chi connectivity index (χ1n) is 7.76. The number of aliphatic hydroxyl groups excluding tert-OH is 1. The molecule has 118 valence electrons. The van der Waals surface area contributed by atoms with E-state index in [1.807, 2.05) is 24.6 Å². The van der Waals surface area contributed by atoms with Crippen LogP contribution in [0, 0.1) is 5.92 Å². The minimum absolute atomic E-state index is 0.0292. The molecule has 2 N–H and O–H groups in total. The van der Waals surface area contributed by atoms with Crippen LogP contribution in [0.2, 0.25) is 0 Å². The molecule has 0 bridgehead atoms. The van der Waals surface area contributed by atoms with E-state index in [-0.39, 0.29) is 30.0 Å². The Balaban J connectivity index is 2.18. The summed E-state index contributed by atoms with van der Waals surface area (Å²) in [6.07, 6.45) is 2.36. The molecule has 5 nitrogen and oxygen atoms in total. The number of nitrogens with one attached hydrogen (secondary N) is 1. The molecule has 2 rings (SSSR count). The van der Waals surface area contributed by atoms with Gasteiger partial charge in [-0.1, -0.05) is 6.92 Å². The summed E-state index contributed by atoms with van der Waals surface area (Å²) in [5.74, 6) is 0.418. The van der Waals surface area contributed by atoms with Crippen molar-refractivity contribution in [3.63, 3.8) is 0 Å². The van der Waals surface area contributed by atoms with Crippen LogP contribution in [0.15, 0.2) is 6.07 Å². The van der Waals surface area contributed by atoms with Gasteiger partial charge in [0.2, 0.25) is 0 Å². The molecule has 1 amide bonds. The van der Waals surface area contributed by atoms with Crippen molar-refractivity contribution in [1.29, 1.82) is 0 Å². The van der Waals surface area contributed by atoms with Crippen molar-refractivity contribution in [2.75, 3.05) is 6.61 Å². The quantitative estimate of drug-likeness (QED) is 0.875. The number of rotatable bonds is 5. The molecule has 2 atom stereocenters. The normalized spacial score (nSPS) is 18.4. The van der Waals surface area contributed by atoms with Gasteiger partial charge in [-0.25, -0.2) is 0 Å². The molecule has 1 aliphatic rings. The van der Waals surface area contributed by atoms with Gasteiger partial charge in [0.1, 0.15) is 5.69 Å². The number of nitrogens with zero attached hydrogens (tertiary/aromatic N) is 2. The van der Waals surface area contributed by atoms with Gasteiger partial charge in [-0.15, -0.1) is 0 Å². The summed E-state index contributed by atoms with van der Waals surface area (Å²) in [6.45, 7) is 10.2. The minimum atomic E-state index is -0.160. The van der Waals surface area contributed by atoms with Crippen LogP contribution in [0.1, 0.15) is 69.6 Å². The van der Waals surface area contributed by atoms with Crippen molar-refractivity contribution in [1.82, 2.24) is 15.1 Å². The molecule has 1 fully saturated rings. The van der Waals surface area contributed by atoms with Crippen molar-refractivity contribution in [3.05, 3.63) is 17.5 Å². The fraction of sp³-hybridized carbons (Fsp3) is 0.750. The molecule has 0 spiro atoms. The third kappa shape index (κ3) is 3.64. The highest BCUT2D eigenvalue weighted by atomic mass is 16.3. The summed E-state index contributed by atoms with van der Waals surface area (Å²) in [5.41, 5.74) is 1.51. The Kier molecular flexibility index (Phi) is 4.42. The molecule has 0 aromatic carbocycles. The molecule has 0 saturated heterocycles. The highest BCUT2D eigenvalue weighted by Crippen LogP contribution is 2.41. The van der Waals surface area contributed by atoms with Gasteiger partial charge in [-0.05, 0) is 52.5 Å². The number of hydrogen-bond acceptors (Lipinski definition) is 3. The number of aromatic nitrogens is 2. The molecule has 1 aromatic rings. The lowest BCUT2D eigenvalue weighted by atomic mass is 10.1. The maximum atomic E-state index is 12.3. The van der Waals surface area contributed by atoms with Gasteiger partial charge in [0.15, 0.2) is 0 Å². The summed E-state index contributed by atoms with van der Waals surface area (Å²) in [4.78, 5) is 12.3. The van der Waals surface area contributed by atoms with E-state index < -0.39 is 0 Å². The molecular formula is C16H27N3O2. The van der Waals surface area contributed by atoms with E-state index in [1.165, 1.54) is 12.8 Å². The molecule has 5 heteroatoms. The zero-order valence-electron chi connectivity index (χ0n) is 13.7. The Morgan fingerprint density at radius 1 is 1.48 bits per heavy atom. The second kappa shape index (κ2) is 5.79. The minimum Gasteiger partial charge on any atom is -0.396 e. The van der Waals surface area contributed by atoms with Crippen molar-refractivity contribution in [2.24, 2.45) is 5.92 Å². The first-order chi connectivity index (χ1) is 9.74. The lowest BCUT2D eigenvalue weighted by Crippen LogP contribution is -2.38. The van der Waals surface area contributed by atoms with Crippen LogP contribution in [0.3, 0.4) is 0 Å². The summed E-state index contributed by atoms with van der Waals surface area (Å²) < 4.78 is 1.99. The van der Waals surface area contributed by atoms with Crippen LogP contribution in [0.25, 0.3) is 0 Å². The van der Waals surface area contributed by atoms with E-state index in [9.17, 15) is 4.79 Å². The van der Waals surface area contributed by atoms with E-state index >= 15 is 0 Å². The number of carbonyl (C=O) groups excluding carboxylic acids is 1. The first kappa shape index (κ1) is 16.0. The molecule has 1 heterocycles. The van der Waals surface area contributed by atoms with Crippen molar-refractivity contribution in [2.45, 2.75) is 65.0 Å². The summed E-state index contributed by atoms with van der Waals surface area (Å²) in [5, 5.41) is 16.6. The number of amides is 1. The van der Waals surface area contributed by atoms with Crippen molar-refractivity contribution >= 4 is 5.91 Å². The summed E-state index contributed by atoms with van der Waals surface area (Å²) in [7, 11) is 0. The van der Waals surface area contributed by atoms with Crippen LogP contribution in [-0.4, -0.2) is 33.4 Å². The van der Waals surface area contributed by atoms with Crippen molar-refractivity contribution < 1.29 is 9.90 Å². The third-order valence-electron chi connectivity index (χ3n) is 4.10. The van der Waals surface area contributed by atoms with Gasteiger partial charge in [0.25, 0.3) is 5.91 Å². The molecule has 0 aliphatic heterocycles. The monoisotopic (exact) mass is 293 g/mol. The zero-order chi connectivity index (χ0) is 15.8. The van der Waals surface area contributed by atoms with E-state index in [2.05, 4.69) is 31.2 Å². The fourth-order valence-electron chi connectivity index (χ4n) is 2.29. The first-order valence-corrected chi connectivity index (χ1v) is 7.76. The maximum Gasteiger partial charge on any atom is 0.272 e. The predicted octanol–water partition coefficient (Wildman–Crippen LogP) is 2.26. The fourth-order valence-corrected chi connectivity index (χ4v) is 2.29. The Bertz CT molecular complexity index is 512. The molecule has 1 saturated carbocycles. The van der Waals surface area contributed by atoms with Gasteiger partial charge in [0.05, 0.1) is 5.54 Å². The SMILES string of the molecule is C[C@H](NC(=O)c1cc(C2CC2)n(C(C)(C)C)n1)[C@@H](C)CO. The van der Waals surface area contributed by atoms with Gasteiger partial charge < -0.3 is 10.4 Å². The van der Waals surface area contributed by atoms with E-state index in [1.54, 1.807) is 0 Å². The molecule has 1 aromatic heterocycles. The average molecular weight is 293 g/mol. The average Bonchev–Trinajstić information content (AvgIpc) is 3.14. The number of aliphatic hydroxyl groups is 1. The van der Waals surface area contributed by atoms with E-state index in [0.717, 1.165) is 5.69 Å². The smallest absolute Gasteiger partial charge is 0.272 e. The molecule has 21 heavy (non-hydrogen) atoms. The Hall–Kier alpha value is -1.36. The highest BCUT2D eigenvalue weighted by Gasteiger charge is 2.32.